The Morgan fingerprint density at radius 3 is 2.86 bits per heavy atom. The van der Waals surface area contributed by atoms with Gasteiger partial charge in [-0.3, -0.25) is 4.79 Å². The summed E-state index contributed by atoms with van der Waals surface area (Å²) in [5.74, 6) is 0.845. The summed E-state index contributed by atoms with van der Waals surface area (Å²) in [6.45, 7) is 6.00. The van der Waals surface area contributed by atoms with E-state index in [4.69, 9.17) is 11.6 Å². The SMILES string of the molecule is CC(=O)c1cnc2n1CCNC2.CCc1c(F)cccc1Cl. The number of carbonyl (C=O) groups excluding carboxylic acids is 1. The molecule has 1 N–H and O–H groups in total. The molecule has 0 saturated carbocycles. The normalized spacial score (nSPS) is 13.1. The standard InChI is InChI=1S/C8H8ClF.C8H11N3O/c1-2-6-7(9)4-3-5-8(6)10;1-6(12)7-4-10-8-5-9-2-3-11(7)8/h3-5H,2H2,1H3;4,9H,2-3,5H2,1H3. The van der Waals surface area contributed by atoms with Crippen molar-refractivity contribution in [3.8, 4) is 0 Å². The van der Waals surface area contributed by atoms with Crippen LogP contribution in [0.2, 0.25) is 5.02 Å². The predicted molar refractivity (Wildman–Crippen MR) is 84.7 cm³/mol. The number of nitrogens with zero attached hydrogens (tertiary/aromatic N) is 2. The molecule has 0 unspecified atom stereocenters. The van der Waals surface area contributed by atoms with Crippen LogP contribution in [0.15, 0.2) is 24.4 Å². The van der Waals surface area contributed by atoms with E-state index in [2.05, 4.69) is 10.3 Å². The number of hydrogen-bond donors (Lipinski definition) is 1. The Labute approximate surface area is 134 Å². The van der Waals surface area contributed by atoms with Crippen LogP contribution in [0.5, 0.6) is 0 Å². The third-order valence-electron chi connectivity index (χ3n) is 3.51. The van der Waals surface area contributed by atoms with Gasteiger partial charge in [-0.15, -0.1) is 0 Å². The van der Waals surface area contributed by atoms with E-state index in [-0.39, 0.29) is 11.6 Å². The molecule has 0 bridgehead atoms. The summed E-state index contributed by atoms with van der Waals surface area (Å²) >= 11 is 5.69. The van der Waals surface area contributed by atoms with Gasteiger partial charge in [0.05, 0.1) is 12.7 Å². The molecular formula is C16H19ClFN3O. The molecule has 0 aliphatic carbocycles. The second-order valence-corrected chi connectivity index (χ2v) is 5.41. The van der Waals surface area contributed by atoms with Crippen LogP contribution < -0.4 is 5.32 Å². The molecule has 0 atom stereocenters. The zero-order chi connectivity index (χ0) is 16.1. The molecule has 118 valence electrons. The molecule has 2 heterocycles. The van der Waals surface area contributed by atoms with Gasteiger partial charge < -0.3 is 9.88 Å². The van der Waals surface area contributed by atoms with E-state index < -0.39 is 0 Å². The van der Waals surface area contributed by atoms with Crippen LogP contribution >= 0.6 is 11.6 Å². The minimum Gasteiger partial charge on any atom is -0.323 e. The van der Waals surface area contributed by atoms with E-state index in [1.807, 2.05) is 11.5 Å². The van der Waals surface area contributed by atoms with Crippen LogP contribution in [0.3, 0.4) is 0 Å². The molecule has 22 heavy (non-hydrogen) atoms. The molecule has 1 aromatic carbocycles. The van der Waals surface area contributed by atoms with Crippen molar-refractivity contribution in [2.45, 2.75) is 33.4 Å². The smallest absolute Gasteiger partial charge is 0.177 e. The van der Waals surface area contributed by atoms with Crippen LogP contribution in [0, 0.1) is 5.82 Å². The van der Waals surface area contributed by atoms with Gasteiger partial charge in [-0.2, -0.15) is 0 Å². The molecule has 4 nitrogen and oxygen atoms in total. The number of hydrogen-bond acceptors (Lipinski definition) is 3. The van der Waals surface area contributed by atoms with Gasteiger partial charge in [0.1, 0.15) is 17.3 Å². The van der Waals surface area contributed by atoms with Crippen LogP contribution in [-0.2, 0) is 19.5 Å². The van der Waals surface area contributed by atoms with E-state index in [0.717, 1.165) is 31.2 Å². The van der Waals surface area contributed by atoms with Crippen molar-refractivity contribution in [1.29, 1.82) is 0 Å². The molecule has 0 fully saturated rings. The molecule has 3 rings (SSSR count). The van der Waals surface area contributed by atoms with E-state index in [1.54, 1.807) is 25.3 Å². The summed E-state index contributed by atoms with van der Waals surface area (Å²) in [5, 5.41) is 3.71. The zero-order valence-electron chi connectivity index (χ0n) is 12.7. The lowest BCUT2D eigenvalue weighted by atomic mass is 10.1. The fourth-order valence-electron chi connectivity index (χ4n) is 2.35. The zero-order valence-corrected chi connectivity index (χ0v) is 13.5. The average molecular weight is 324 g/mol. The number of carbonyl (C=O) groups is 1. The largest absolute Gasteiger partial charge is 0.323 e. The van der Waals surface area contributed by atoms with Gasteiger partial charge >= 0.3 is 0 Å². The van der Waals surface area contributed by atoms with Gasteiger partial charge in [-0.1, -0.05) is 24.6 Å². The Balaban J connectivity index is 0.000000164. The lowest BCUT2D eigenvalue weighted by Crippen LogP contribution is -2.29. The first-order valence-corrected chi connectivity index (χ1v) is 7.61. The summed E-state index contributed by atoms with van der Waals surface area (Å²) in [6.07, 6.45) is 2.30. The number of rotatable bonds is 2. The highest BCUT2D eigenvalue weighted by Gasteiger charge is 2.15. The molecule has 0 amide bonds. The van der Waals surface area contributed by atoms with Crippen molar-refractivity contribution in [3.05, 3.63) is 52.3 Å². The van der Waals surface area contributed by atoms with E-state index in [9.17, 15) is 9.18 Å². The number of aromatic nitrogens is 2. The van der Waals surface area contributed by atoms with E-state index >= 15 is 0 Å². The first-order chi connectivity index (χ1) is 10.5. The van der Waals surface area contributed by atoms with Crippen molar-refractivity contribution in [2.75, 3.05) is 6.54 Å². The summed E-state index contributed by atoms with van der Waals surface area (Å²) in [7, 11) is 0. The van der Waals surface area contributed by atoms with Gasteiger partial charge in [0.25, 0.3) is 0 Å². The highest BCUT2D eigenvalue weighted by atomic mass is 35.5. The Kier molecular flexibility index (Phi) is 5.69. The molecule has 0 spiro atoms. The summed E-state index contributed by atoms with van der Waals surface area (Å²) < 4.78 is 14.8. The first kappa shape index (κ1) is 16.6. The first-order valence-electron chi connectivity index (χ1n) is 7.23. The summed E-state index contributed by atoms with van der Waals surface area (Å²) in [6, 6.07) is 4.73. The molecule has 1 aromatic heterocycles. The second kappa shape index (κ2) is 7.51. The van der Waals surface area contributed by atoms with Gasteiger partial charge in [-0.05, 0) is 18.6 Å². The maximum absolute atomic E-state index is 12.8. The third kappa shape index (κ3) is 3.72. The quantitative estimate of drug-likeness (QED) is 0.863. The molecule has 6 heteroatoms. The van der Waals surface area contributed by atoms with Crippen LogP contribution in [-0.4, -0.2) is 21.9 Å². The number of benzene rings is 1. The molecule has 1 aliphatic heterocycles. The highest BCUT2D eigenvalue weighted by molar-refractivity contribution is 6.31. The average Bonchev–Trinajstić information content (AvgIpc) is 2.92. The fraction of sp³-hybridized carbons (Fsp3) is 0.375. The van der Waals surface area contributed by atoms with Crippen LogP contribution in [0.25, 0.3) is 0 Å². The van der Waals surface area contributed by atoms with Crippen molar-refractivity contribution >= 4 is 17.4 Å². The topological polar surface area (TPSA) is 46.9 Å². The maximum Gasteiger partial charge on any atom is 0.177 e. The van der Waals surface area contributed by atoms with E-state index in [0.29, 0.717) is 17.0 Å². The molecule has 1 aliphatic rings. The third-order valence-corrected chi connectivity index (χ3v) is 3.86. The minimum absolute atomic E-state index is 0.0932. The number of nitrogens with one attached hydrogen (secondary N) is 1. The van der Waals surface area contributed by atoms with Crippen molar-refractivity contribution in [3.63, 3.8) is 0 Å². The monoisotopic (exact) mass is 323 g/mol. The number of ketones is 1. The summed E-state index contributed by atoms with van der Waals surface area (Å²) in [5.41, 5.74) is 1.33. The predicted octanol–water partition coefficient (Wildman–Crippen LogP) is 3.23. The highest BCUT2D eigenvalue weighted by Crippen LogP contribution is 2.18. The molecular weight excluding hydrogens is 305 g/mol. The maximum atomic E-state index is 12.8. The number of imidazole rings is 1. The molecule has 2 aromatic rings. The molecule has 0 saturated heterocycles. The number of halogens is 2. The molecule has 0 radical (unpaired) electrons. The van der Waals surface area contributed by atoms with Crippen molar-refractivity contribution < 1.29 is 9.18 Å². The Morgan fingerprint density at radius 2 is 2.27 bits per heavy atom. The summed E-state index contributed by atoms with van der Waals surface area (Å²) in [4.78, 5) is 15.3. The minimum atomic E-state index is -0.213. The second-order valence-electron chi connectivity index (χ2n) is 5.00. The van der Waals surface area contributed by atoms with Crippen molar-refractivity contribution in [2.24, 2.45) is 0 Å². The van der Waals surface area contributed by atoms with Gasteiger partial charge in [-0.25, -0.2) is 9.37 Å². The van der Waals surface area contributed by atoms with Crippen LogP contribution in [0.1, 0.15) is 35.7 Å². The van der Waals surface area contributed by atoms with Gasteiger partial charge in [0.15, 0.2) is 5.78 Å². The Morgan fingerprint density at radius 1 is 1.50 bits per heavy atom. The lowest BCUT2D eigenvalue weighted by Gasteiger charge is -2.16. The number of fused-ring (bicyclic) bond motifs is 1. The fourth-order valence-corrected chi connectivity index (χ4v) is 2.64. The van der Waals surface area contributed by atoms with Gasteiger partial charge in [0.2, 0.25) is 0 Å². The van der Waals surface area contributed by atoms with Crippen molar-refractivity contribution in [1.82, 2.24) is 14.9 Å². The van der Waals surface area contributed by atoms with Crippen LogP contribution in [0.4, 0.5) is 4.39 Å². The lowest BCUT2D eigenvalue weighted by molar-refractivity contribution is 0.100. The Hall–Kier alpha value is -1.72. The Bertz CT molecular complexity index is 649. The van der Waals surface area contributed by atoms with Gasteiger partial charge in [0, 0.05) is 30.6 Å². The number of Topliss-reactive ketones (excluding diaryl/α,β-unsaturated/α-hetero) is 1. The van der Waals surface area contributed by atoms with E-state index in [1.165, 1.54) is 6.07 Å².